The zero-order chi connectivity index (χ0) is 21.9. The first-order chi connectivity index (χ1) is 14.8. The number of benzene rings is 2. The van der Waals surface area contributed by atoms with Crippen LogP contribution >= 0.6 is 11.8 Å². The summed E-state index contributed by atoms with van der Waals surface area (Å²) in [7, 11) is -3.09. The Morgan fingerprint density at radius 2 is 1.61 bits per heavy atom. The van der Waals surface area contributed by atoms with Gasteiger partial charge in [0.1, 0.15) is 11.4 Å². The molecule has 1 unspecified atom stereocenters. The van der Waals surface area contributed by atoms with Crippen molar-refractivity contribution < 1.29 is 13.2 Å². The molecule has 0 spiro atoms. The Kier molecular flexibility index (Phi) is 6.06. The molecule has 31 heavy (non-hydrogen) atoms. The van der Waals surface area contributed by atoms with Gasteiger partial charge in [-0.2, -0.15) is 0 Å². The van der Waals surface area contributed by atoms with E-state index in [0.717, 1.165) is 11.1 Å². The number of carbonyl (C=O) groups is 1. The van der Waals surface area contributed by atoms with Gasteiger partial charge in [0.25, 0.3) is 0 Å². The van der Waals surface area contributed by atoms with Gasteiger partial charge in [0.2, 0.25) is 11.1 Å². The molecule has 1 fully saturated rings. The third-order valence-electron chi connectivity index (χ3n) is 5.04. The summed E-state index contributed by atoms with van der Waals surface area (Å²) in [6.07, 6.45) is 0.424. The third kappa shape index (κ3) is 5.29. The van der Waals surface area contributed by atoms with Crippen molar-refractivity contribution in [2.24, 2.45) is 0 Å². The number of hydrogen-bond acceptors (Lipinski definition) is 7. The molecule has 1 saturated heterocycles. The van der Waals surface area contributed by atoms with E-state index >= 15 is 0 Å². The van der Waals surface area contributed by atoms with Gasteiger partial charge >= 0.3 is 0 Å². The first kappa shape index (κ1) is 21.5. The van der Waals surface area contributed by atoms with E-state index in [9.17, 15) is 13.2 Å². The van der Waals surface area contributed by atoms with Crippen LogP contribution < -0.4 is 5.32 Å². The Labute approximate surface area is 185 Å². The number of hydrogen-bond donors (Lipinski definition) is 1. The fraction of sp³-hybridized carbons (Fsp3) is 0.273. The monoisotopic (exact) mass is 454 g/mol. The summed E-state index contributed by atoms with van der Waals surface area (Å²) in [6.45, 7) is 1.76. The van der Waals surface area contributed by atoms with E-state index in [1.54, 1.807) is 6.92 Å². The van der Waals surface area contributed by atoms with Crippen LogP contribution in [-0.2, 0) is 14.6 Å². The Bertz CT molecular complexity index is 1190. The van der Waals surface area contributed by atoms with Crippen molar-refractivity contribution in [3.63, 3.8) is 0 Å². The maximum Gasteiger partial charge on any atom is 0.230 e. The maximum absolute atomic E-state index is 12.4. The normalized spacial score (nSPS) is 19.8. The topological polar surface area (TPSA) is 102 Å². The highest BCUT2D eigenvalue weighted by molar-refractivity contribution is 7.99. The molecule has 1 aliphatic heterocycles. The van der Waals surface area contributed by atoms with E-state index < -0.39 is 15.4 Å². The third-order valence-corrected chi connectivity index (χ3v) is 7.78. The highest BCUT2D eigenvalue weighted by Gasteiger charge is 2.39. The molecule has 1 atom stereocenters. The van der Waals surface area contributed by atoms with Gasteiger partial charge in [-0.1, -0.05) is 72.4 Å². The Morgan fingerprint density at radius 3 is 2.19 bits per heavy atom. The fourth-order valence-corrected chi connectivity index (χ4v) is 6.25. The van der Waals surface area contributed by atoms with Gasteiger partial charge in [-0.25, -0.2) is 13.4 Å². The number of nitrogens with zero attached hydrogens (tertiary/aromatic N) is 3. The maximum atomic E-state index is 12.4. The van der Waals surface area contributed by atoms with Crippen LogP contribution in [-0.4, -0.2) is 52.3 Å². The second-order valence-electron chi connectivity index (χ2n) is 7.76. The quantitative estimate of drug-likeness (QED) is 0.571. The molecule has 4 rings (SSSR count). The largest absolute Gasteiger partial charge is 0.349 e. The summed E-state index contributed by atoms with van der Waals surface area (Å²) in [5, 5.41) is 11.8. The second kappa shape index (κ2) is 8.76. The van der Waals surface area contributed by atoms with Gasteiger partial charge in [-0.05, 0) is 13.3 Å². The molecule has 1 aliphatic rings. The SMILES string of the molecule is CC1(NC(=O)CSc2nnc(-c3ccccc3)c(-c3ccccc3)n2)CCS(=O)(=O)C1. The van der Waals surface area contributed by atoms with Crippen molar-refractivity contribution in [2.75, 3.05) is 17.3 Å². The van der Waals surface area contributed by atoms with Crippen LogP contribution in [0.1, 0.15) is 13.3 Å². The number of aromatic nitrogens is 3. The summed E-state index contributed by atoms with van der Waals surface area (Å²) >= 11 is 1.18. The van der Waals surface area contributed by atoms with Gasteiger partial charge in [-0.15, -0.1) is 10.2 Å². The van der Waals surface area contributed by atoms with E-state index in [2.05, 4.69) is 20.5 Å². The van der Waals surface area contributed by atoms with Gasteiger partial charge in [0.15, 0.2) is 9.84 Å². The van der Waals surface area contributed by atoms with Crippen LogP contribution in [0.3, 0.4) is 0 Å². The van der Waals surface area contributed by atoms with Crippen LogP contribution in [0.4, 0.5) is 0 Å². The highest BCUT2D eigenvalue weighted by Crippen LogP contribution is 2.30. The van der Waals surface area contributed by atoms with Crippen molar-refractivity contribution in [3.05, 3.63) is 60.7 Å². The Morgan fingerprint density at radius 1 is 1.00 bits per heavy atom. The van der Waals surface area contributed by atoms with Crippen molar-refractivity contribution in [1.82, 2.24) is 20.5 Å². The lowest BCUT2D eigenvalue weighted by Gasteiger charge is -2.23. The number of sulfone groups is 1. The summed E-state index contributed by atoms with van der Waals surface area (Å²) in [5.41, 5.74) is 2.46. The molecule has 9 heteroatoms. The standard InChI is InChI=1S/C22H22N4O3S2/c1-22(12-13-31(28,29)15-22)24-18(27)14-30-21-23-19(16-8-4-2-5-9-16)20(25-26-21)17-10-6-3-7-11-17/h2-11H,12-15H2,1H3,(H,24,27). The molecule has 0 bridgehead atoms. The predicted molar refractivity (Wildman–Crippen MR) is 121 cm³/mol. The van der Waals surface area contributed by atoms with Gasteiger partial charge in [-0.3, -0.25) is 4.79 Å². The smallest absolute Gasteiger partial charge is 0.230 e. The minimum atomic E-state index is -3.09. The van der Waals surface area contributed by atoms with Crippen molar-refractivity contribution in [2.45, 2.75) is 24.0 Å². The number of amides is 1. The first-order valence-electron chi connectivity index (χ1n) is 9.83. The van der Waals surface area contributed by atoms with Crippen LogP contribution in [0.25, 0.3) is 22.5 Å². The lowest BCUT2D eigenvalue weighted by atomic mass is 10.0. The van der Waals surface area contributed by atoms with Crippen LogP contribution in [0.15, 0.2) is 65.8 Å². The van der Waals surface area contributed by atoms with Crippen molar-refractivity contribution in [3.8, 4) is 22.5 Å². The lowest BCUT2D eigenvalue weighted by Crippen LogP contribution is -2.47. The van der Waals surface area contributed by atoms with E-state index in [0.29, 0.717) is 23.0 Å². The van der Waals surface area contributed by atoms with Gasteiger partial charge in [0.05, 0.1) is 22.8 Å². The average molecular weight is 455 g/mol. The molecule has 160 valence electrons. The zero-order valence-corrected chi connectivity index (χ0v) is 18.6. The molecule has 1 aromatic heterocycles. The minimum absolute atomic E-state index is 0.0294. The van der Waals surface area contributed by atoms with E-state index in [1.165, 1.54) is 11.8 Å². The minimum Gasteiger partial charge on any atom is -0.349 e. The number of rotatable bonds is 6. The zero-order valence-electron chi connectivity index (χ0n) is 17.0. The summed E-state index contributed by atoms with van der Waals surface area (Å²) in [4.78, 5) is 17.1. The van der Waals surface area contributed by atoms with Gasteiger partial charge in [0, 0.05) is 11.1 Å². The molecule has 0 radical (unpaired) electrons. The highest BCUT2D eigenvalue weighted by atomic mass is 32.2. The number of nitrogens with one attached hydrogen (secondary N) is 1. The van der Waals surface area contributed by atoms with Crippen LogP contribution in [0, 0.1) is 0 Å². The molecule has 1 amide bonds. The lowest BCUT2D eigenvalue weighted by molar-refractivity contribution is -0.120. The molecule has 1 N–H and O–H groups in total. The van der Waals surface area contributed by atoms with Crippen molar-refractivity contribution >= 4 is 27.5 Å². The van der Waals surface area contributed by atoms with E-state index in [-0.39, 0.29) is 23.2 Å². The summed E-state index contributed by atoms with van der Waals surface area (Å²) < 4.78 is 23.5. The molecular formula is C22H22N4O3S2. The molecule has 3 aromatic rings. The predicted octanol–water partition coefficient (Wildman–Crippen LogP) is 2.99. The summed E-state index contributed by atoms with van der Waals surface area (Å²) in [6, 6.07) is 19.4. The molecule has 0 aliphatic carbocycles. The Balaban J connectivity index is 1.52. The number of thioether (sulfide) groups is 1. The van der Waals surface area contributed by atoms with Crippen LogP contribution in [0.2, 0.25) is 0 Å². The molecular weight excluding hydrogens is 432 g/mol. The molecule has 7 nitrogen and oxygen atoms in total. The molecule has 2 heterocycles. The van der Waals surface area contributed by atoms with Gasteiger partial charge < -0.3 is 5.32 Å². The van der Waals surface area contributed by atoms with Crippen molar-refractivity contribution in [1.29, 1.82) is 0 Å². The van der Waals surface area contributed by atoms with E-state index in [1.807, 2.05) is 60.7 Å². The summed E-state index contributed by atoms with van der Waals surface area (Å²) in [5.74, 6) is -0.0958. The molecule has 2 aromatic carbocycles. The van der Waals surface area contributed by atoms with Crippen LogP contribution in [0.5, 0.6) is 0 Å². The first-order valence-corrected chi connectivity index (χ1v) is 12.6. The second-order valence-corrected chi connectivity index (χ2v) is 10.9. The average Bonchev–Trinajstić information content (AvgIpc) is 3.05. The number of carbonyl (C=O) groups excluding carboxylic acids is 1. The molecule has 0 saturated carbocycles. The Hall–Kier alpha value is -2.78. The fourth-order valence-electron chi connectivity index (χ4n) is 3.57. The van der Waals surface area contributed by atoms with E-state index in [4.69, 9.17) is 0 Å².